The maximum Gasteiger partial charge on any atom is 0.327 e. The zero-order chi connectivity index (χ0) is 14.2. The number of carbonyl (C=O) groups excluding carboxylic acids is 3. The summed E-state index contributed by atoms with van der Waals surface area (Å²) >= 11 is 0. The van der Waals surface area contributed by atoms with Gasteiger partial charge in [0, 0.05) is 14.1 Å². The summed E-state index contributed by atoms with van der Waals surface area (Å²) in [6.07, 6.45) is 3.27. The molecular weight excluding hydrogens is 246 g/mol. The van der Waals surface area contributed by atoms with Gasteiger partial charge < -0.3 is 10.2 Å². The molecule has 1 saturated heterocycles. The minimum Gasteiger partial charge on any atom is -0.358 e. The number of hydrogen-bond donors (Lipinski definition) is 1. The van der Waals surface area contributed by atoms with Crippen molar-refractivity contribution in [2.24, 2.45) is 5.92 Å². The molecule has 2 fully saturated rings. The molecule has 2 aliphatic rings. The van der Waals surface area contributed by atoms with Crippen molar-refractivity contribution in [1.82, 2.24) is 15.1 Å². The van der Waals surface area contributed by atoms with Gasteiger partial charge in [0.2, 0.25) is 5.91 Å². The van der Waals surface area contributed by atoms with Crippen LogP contribution in [-0.4, -0.2) is 53.8 Å². The summed E-state index contributed by atoms with van der Waals surface area (Å²) in [7, 11) is 3.16. The summed E-state index contributed by atoms with van der Waals surface area (Å²) in [5.41, 5.74) is -0.711. The maximum absolute atomic E-state index is 12.5. The number of nitrogens with zero attached hydrogens (tertiary/aromatic N) is 2. The fourth-order valence-electron chi connectivity index (χ4n) is 3.00. The van der Waals surface area contributed by atoms with Gasteiger partial charge in [-0.25, -0.2) is 4.79 Å². The van der Waals surface area contributed by atoms with Crippen molar-refractivity contribution < 1.29 is 14.4 Å². The van der Waals surface area contributed by atoms with E-state index in [0.717, 1.165) is 17.7 Å². The van der Waals surface area contributed by atoms with Crippen LogP contribution in [0.3, 0.4) is 0 Å². The van der Waals surface area contributed by atoms with Gasteiger partial charge in [0.05, 0.1) is 0 Å². The van der Waals surface area contributed by atoms with Crippen LogP contribution in [0.1, 0.15) is 32.6 Å². The highest BCUT2D eigenvalue weighted by molar-refractivity contribution is 6.08. The number of amides is 4. The van der Waals surface area contributed by atoms with Crippen LogP contribution >= 0.6 is 0 Å². The molecule has 0 unspecified atom stereocenters. The lowest BCUT2D eigenvalue weighted by molar-refractivity contribution is -0.137. The largest absolute Gasteiger partial charge is 0.358 e. The van der Waals surface area contributed by atoms with Crippen LogP contribution in [0.25, 0.3) is 0 Å². The fraction of sp³-hybridized carbons (Fsp3) is 0.769. The lowest BCUT2D eigenvalue weighted by Crippen LogP contribution is -2.50. The number of hydrogen-bond acceptors (Lipinski definition) is 3. The van der Waals surface area contributed by atoms with Crippen LogP contribution in [0.4, 0.5) is 4.79 Å². The summed E-state index contributed by atoms with van der Waals surface area (Å²) in [6, 6.07) is -0.358. The topological polar surface area (TPSA) is 69.7 Å². The number of imide groups is 1. The highest BCUT2D eigenvalue weighted by atomic mass is 16.2. The first-order chi connectivity index (χ1) is 8.92. The average Bonchev–Trinajstić information content (AvgIpc) is 2.57. The second kappa shape index (κ2) is 4.83. The molecule has 6 heteroatoms. The average molecular weight is 267 g/mol. The van der Waals surface area contributed by atoms with E-state index in [1.807, 2.05) is 0 Å². The molecule has 1 heterocycles. The molecule has 0 aromatic carbocycles. The van der Waals surface area contributed by atoms with Crippen LogP contribution in [0, 0.1) is 5.92 Å². The van der Waals surface area contributed by atoms with Crippen molar-refractivity contribution >= 4 is 17.8 Å². The first-order valence-corrected chi connectivity index (χ1v) is 6.72. The Balaban J connectivity index is 2.21. The molecule has 19 heavy (non-hydrogen) atoms. The summed E-state index contributed by atoms with van der Waals surface area (Å²) in [6.45, 7) is 1.98. The minimum atomic E-state index is -0.711. The standard InChI is InChI=1S/C13H21N3O3/c1-9-4-6-13(7-5-9)11(18)16(8-10(17)14-2)12(19)15(13)3/h9H,4-8H2,1-3H3,(H,14,17). The molecule has 2 rings (SSSR count). The smallest absolute Gasteiger partial charge is 0.327 e. The van der Waals surface area contributed by atoms with E-state index in [4.69, 9.17) is 0 Å². The monoisotopic (exact) mass is 267 g/mol. The van der Waals surface area contributed by atoms with Gasteiger partial charge in [-0.15, -0.1) is 0 Å². The summed E-state index contributed by atoms with van der Waals surface area (Å²) in [5.74, 6) is 0.0572. The van der Waals surface area contributed by atoms with E-state index in [9.17, 15) is 14.4 Å². The number of likely N-dealkylation sites (N-methyl/N-ethyl adjacent to an activating group) is 2. The predicted octanol–water partition coefficient (Wildman–Crippen LogP) is 0.575. The maximum atomic E-state index is 12.5. The predicted molar refractivity (Wildman–Crippen MR) is 69.3 cm³/mol. The van der Waals surface area contributed by atoms with E-state index in [-0.39, 0.29) is 24.4 Å². The molecule has 4 amide bonds. The molecule has 0 radical (unpaired) electrons. The van der Waals surface area contributed by atoms with E-state index in [1.165, 1.54) is 11.9 Å². The van der Waals surface area contributed by atoms with Crippen LogP contribution in [0.5, 0.6) is 0 Å². The van der Waals surface area contributed by atoms with E-state index in [2.05, 4.69) is 12.2 Å². The Morgan fingerprint density at radius 2 is 1.95 bits per heavy atom. The molecule has 6 nitrogen and oxygen atoms in total. The van der Waals surface area contributed by atoms with Crippen LogP contribution in [0.2, 0.25) is 0 Å². The Labute approximate surface area is 113 Å². The third-order valence-electron chi connectivity index (χ3n) is 4.49. The molecule has 1 aliphatic carbocycles. The van der Waals surface area contributed by atoms with Gasteiger partial charge in [-0.1, -0.05) is 6.92 Å². The Bertz CT molecular complexity index is 413. The third kappa shape index (κ3) is 2.09. The molecule has 1 aliphatic heterocycles. The Morgan fingerprint density at radius 1 is 1.37 bits per heavy atom. The van der Waals surface area contributed by atoms with Crippen molar-refractivity contribution in [2.75, 3.05) is 20.6 Å². The fourth-order valence-corrected chi connectivity index (χ4v) is 3.00. The molecule has 1 N–H and O–H groups in total. The molecule has 0 atom stereocenters. The SMILES string of the molecule is CNC(=O)CN1C(=O)N(C)C2(CCC(C)CC2)C1=O. The quantitative estimate of drug-likeness (QED) is 0.744. The van der Waals surface area contributed by atoms with Gasteiger partial charge >= 0.3 is 6.03 Å². The number of rotatable bonds is 2. The normalized spacial score (nSPS) is 31.2. The molecule has 106 valence electrons. The number of urea groups is 1. The highest BCUT2D eigenvalue weighted by Gasteiger charge is 2.56. The Kier molecular flexibility index (Phi) is 3.52. The van der Waals surface area contributed by atoms with E-state index in [0.29, 0.717) is 18.8 Å². The molecule has 0 aromatic rings. The second-order valence-electron chi connectivity index (χ2n) is 5.62. The van der Waals surface area contributed by atoms with Crippen molar-refractivity contribution in [1.29, 1.82) is 0 Å². The Hall–Kier alpha value is -1.59. The van der Waals surface area contributed by atoms with Gasteiger partial charge in [-0.05, 0) is 31.6 Å². The third-order valence-corrected chi connectivity index (χ3v) is 4.49. The summed E-state index contributed by atoms with van der Waals surface area (Å²) in [5, 5.41) is 2.44. The Morgan fingerprint density at radius 3 is 2.47 bits per heavy atom. The zero-order valence-electron chi connectivity index (χ0n) is 11.7. The first-order valence-electron chi connectivity index (χ1n) is 6.72. The van der Waals surface area contributed by atoms with Gasteiger partial charge in [0.25, 0.3) is 5.91 Å². The van der Waals surface area contributed by atoms with Crippen LogP contribution in [-0.2, 0) is 9.59 Å². The summed E-state index contributed by atoms with van der Waals surface area (Å²) in [4.78, 5) is 38.7. The second-order valence-corrected chi connectivity index (χ2v) is 5.62. The lowest BCUT2D eigenvalue weighted by Gasteiger charge is -2.38. The first kappa shape index (κ1) is 13.8. The van der Waals surface area contributed by atoms with Gasteiger partial charge in [0.1, 0.15) is 12.1 Å². The minimum absolute atomic E-state index is 0.185. The molecule has 1 saturated carbocycles. The summed E-state index contributed by atoms with van der Waals surface area (Å²) < 4.78 is 0. The van der Waals surface area contributed by atoms with Gasteiger partial charge in [-0.3, -0.25) is 14.5 Å². The molecule has 0 bridgehead atoms. The van der Waals surface area contributed by atoms with Crippen molar-refractivity contribution in [2.45, 2.75) is 38.1 Å². The van der Waals surface area contributed by atoms with E-state index in [1.54, 1.807) is 7.05 Å². The zero-order valence-corrected chi connectivity index (χ0v) is 11.7. The lowest BCUT2D eigenvalue weighted by atomic mass is 9.76. The van der Waals surface area contributed by atoms with Crippen LogP contribution in [0.15, 0.2) is 0 Å². The van der Waals surface area contributed by atoms with Crippen molar-refractivity contribution in [3.05, 3.63) is 0 Å². The van der Waals surface area contributed by atoms with Crippen LogP contribution < -0.4 is 5.32 Å². The van der Waals surface area contributed by atoms with E-state index >= 15 is 0 Å². The van der Waals surface area contributed by atoms with Gasteiger partial charge in [-0.2, -0.15) is 0 Å². The van der Waals surface area contributed by atoms with Gasteiger partial charge in [0.15, 0.2) is 0 Å². The van der Waals surface area contributed by atoms with Crippen molar-refractivity contribution in [3.8, 4) is 0 Å². The molecule has 0 aromatic heterocycles. The van der Waals surface area contributed by atoms with E-state index < -0.39 is 5.54 Å². The van der Waals surface area contributed by atoms with Crippen molar-refractivity contribution in [3.63, 3.8) is 0 Å². The number of carbonyl (C=O) groups is 3. The highest BCUT2D eigenvalue weighted by Crippen LogP contribution is 2.41. The molecule has 1 spiro atoms. The number of nitrogens with one attached hydrogen (secondary N) is 1. The molecular formula is C13H21N3O3.